The molecule has 1 aromatic rings. The number of nitrogens with zero attached hydrogens (tertiary/aromatic N) is 3. The smallest absolute Gasteiger partial charge is 0.273 e. The fourth-order valence-electron chi connectivity index (χ4n) is 3.66. The van der Waals surface area contributed by atoms with E-state index >= 15 is 0 Å². The van der Waals surface area contributed by atoms with Gasteiger partial charge >= 0.3 is 0 Å². The zero-order valence-corrected chi connectivity index (χ0v) is 13.1. The highest BCUT2D eigenvalue weighted by molar-refractivity contribution is 5.97. The molecule has 1 aromatic carbocycles. The SMILES string of the molecule is CC[C@H]1CN2CCC[C@H]2CN1C(=O)c1ccc([N+](=O)[O-])cc1O. The first-order valence-corrected chi connectivity index (χ1v) is 8.03. The van der Waals surface area contributed by atoms with Crippen LogP contribution < -0.4 is 0 Å². The molecular formula is C16H21N3O4. The lowest BCUT2D eigenvalue weighted by Crippen LogP contribution is -2.57. The van der Waals surface area contributed by atoms with E-state index in [0.717, 1.165) is 38.4 Å². The van der Waals surface area contributed by atoms with E-state index in [9.17, 15) is 20.0 Å². The molecule has 0 spiro atoms. The van der Waals surface area contributed by atoms with E-state index < -0.39 is 4.92 Å². The molecule has 1 amide bonds. The molecule has 2 heterocycles. The summed E-state index contributed by atoms with van der Waals surface area (Å²) >= 11 is 0. The molecule has 0 aromatic heterocycles. The van der Waals surface area contributed by atoms with Gasteiger partial charge in [-0.2, -0.15) is 0 Å². The zero-order valence-electron chi connectivity index (χ0n) is 13.1. The summed E-state index contributed by atoms with van der Waals surface area (Å²) in [5, 5.41) is 20.8. The molecule has 23 heavy (non-hydrogen) atoms. The molecule has 124 valence electrons. The number of carbonyl (C=O) groups excluding carboxylic acids is 1. The molecule has 2 saturated heterocycles. The van der Waals surface area contributed by atoms with Gasteiger partial charge in [0, 0.05) is 31.2 Å². The number of hydrogen-bond donors (Lipinski definition) is 1. The fourth-order valence-corrected chi connectivity index (χ4v) is 3.66. The topological polar surface area (TPSA) is 86.9 Å². The van der Waals surface area contributed by atoms with Crippen LogP contribution in [0.5, 0.6) is 5.75 Å². The summed E-state index contributed by atoms with van der Waals surface area (Å²) in [6.45, 7) is 4.66. The van der Waals surface area contributed by atoms with E-state index in [4.69, 9.17) is 0 Å². The Morgan fingerprint density at radius 2 is 2.22 bits per heavy atom. The number of fused-ring (bicyclic) bond motifs is 1. The number of aromatic hydroxyl groups is 1. The quantitative estimate of drug-likeness (QED) is 0.680. The maximum Gasteiger partial charge on any atom is 0.273 e. The highest BCUT2D eigenvalue weighted by Gasteiger charge is 2.38. The van der Waals surface area contributed by atoms with Gasteiger partial charge in [-0.05, 0) is 31.9 Å². The number of nitro groups is 1. The lowest BCUT2D eigenvalue weighted by atomic mass is 10.0. The van der Waals surface area contributed by atoms with Crippen LogP contribution in [0, 0.1) is 10.1 Å². The second kappa shape index (κ2) is 6.16. The van der Waals surface area contributed by atoms with E-state index in [1.165, 1.54) is 12.1 Å². The van der Waals surface area contributed by atoms with E-state index in [0.29, 0.717) is 12.6 Å². The van der Waals surface area contributed by atoms with Crippen LogP contribution in [0.25, 0.3) is 0 Å². The number of nitro benzene ring substituents is 1. The Morgan fingerprint density at radius 3 is 2.87 bits per heavy atom. The monoisotopic (exact) mass is 319 g/mol. The fraction of sp³-hybridized carbons (Fsp3) is 0.562. The summed E-state index contributed by atoms with van der Waals surface area (Å²) in [5.74, 6) is -0.566. The van der Waals surface area contributed by atoms with Gasteiger partial charge in [0.05, 0.1) is 16.6 Å². The van der Waals surface area contributed by atoms with Crippen molar-refractivity contribution in [3.63, 3.8) is 0 Å². The minimum Gasteiger partial charge on any atom is -0.507 e. The molecule has 3 rings (SSSR count). The molecule has 7 heteroatoms. The Hall–Kier alpha value is -2.15. The molecule has 0 aliphatic carbocycles. The van der Waals surface area contributed by atoms with Crippen LogP contribution in [0.15, 0.2) is 18.2 Å². The summed E-state index contributed by atoms with van der Waals surface area (Å²) in [7, 11) is 0. The van der Waals surface area contributed by atoms with Crippen LogP contribution in [0.1, 0.15) is 36.5 Å². The van der Waals surface area contributed by atoms with Gasteiger partial charge in [-0.3, -0.25) is 19.8 Å². The van der Waals surface area contributed by atoms with Crippen molar-refractivity contribution in [2.75, 3.05) is 19.6 Å². The number of piperazine rings is 1. The second-order valence-corrected chi connectivity index (χ2v) is 6.27. The number of benzene rings is 1. The van der Waals surface area contributed by atoms with Crippen molar-refractivity contribution in [2.45, 2.75) is 38.3 Å². The van der Waals surface area contributed by atoms with Crippen molar-refractivity contribution < 1.29 is 14.8 Å². The largest absolute Gasteiger partial charge is 0.507 e. The minimum absolute atomic E-state index is 0.117. The van der Waals surface area contributed by atoms with Gasteiger partial charge in [-0.25, -0.2) is 0 Å². The summed E-state index contributed by atoms with van der Waals surface area (Å²) in [4.78, 5) is 27.3. The molecule has 1 N–H and O–H groups in total. The predicted octanol–water partition coefficient (Wildman–Crippen LogP) is 2.00. The average Bonchev–Trinajstić information content (AvgIpc) is 3.00. The Balaban J connectivity index is 1.85. The number of phenolic OH excluding ortho intramolecular Hbond substituents is 1. The van der Waals surface area contributed by atoms with Crippen molar-refractivity contribution >= 4 is 11.6 Å². The maximum absolute atomic E-state index is 12.8. The van der Waals surface area contributed by atoms with Crippen LogP contribution in [-0.2, 0) is 0 Å². The first kappa shape index (κ1) is 15.7. The Morgan fingerprint density at radius 1 is 1.43 bits per heavy atom. The third kappa shape index (κ3) is 2.88. The number of non-ortho nitro benzene ring substituents is 1. The first-order chi connectivity index (χ1) is 11.0. The normalized spacial score (nSPS) is 24.5. The molecule has 0 unspecified atom stereocenters. The summed E-state index contributed by atoms with van der Waals surface area (Å²) < 4.78 is 0. The van der Waals surface area contributed by atoms with Gasteiger partial charge < -0.3 is 10.0 Å². The Labute approximate surface area is 134 Å². The highest BCUT2D eigenvalue weighted by atomic mass is 16.6. The van der Waals surface area contributed by atoms with E-state index in [2.05, 4.69) is 11.8 Å². The Bertz CT molecular complexity index is 634. The number of hydrogen-bond acceptors (Lipinski definition) is 5. The van der Waals surface area contributed by atoms with Gasteiger partial charge in [-0.1, -0.05) is 6.92 Å². The lowest BCUT2D eigenvalue weighted by molar-refractivity contribution is -0.384. The van der Waals surface area contributed by atoms with Gasteiger partial charge in [0.25, 0.3) is 11.6 Å². The lowest BCUT2D eigenvalue weighted by Gasteiger charge is -2.43. The zero-order chi connectivity index (χ0) is 16.6. The van der Waals surface area contributed by atoms with E-state index in [1.54, 1.807) is 0 Å². The molecule has 2 fully saturated rings. The summed E-state index contributed by atoms with van der Waals surface area (Å²) in [6.07, 6.45) is 3.10. The second-order valence-electron chi connectivity index (χ2n) is 6.27. The first-order valence-electron chi connectivity index (χ1n) is 8.03. The van der Waals surface area contributed by atoms with Crippen molar-refractivity contribution in [3.8, 4) is 5.75 Å². The van der Waals surface area contributed by atoms with E-state index in [-0.39, 0.29) is 28.9 Å². The number of carbonyl (C=O) groups is 1. The molecule has 7 nitrogen and oxygen atoms in total. The molecule has 2 atom stereocenters. The number of amides is 1. The number of phenols is 1. The molecular weight excluding hydrogens is 298 g/mol. The third-order valence-corrected chi connectivity index (χ3v) is 4.95. The molecule has 2 aliphatic heterocycles. The average molecular weight is 319 g/mol. The van der Waals surface area contributed by atoms with Gasteiger partial charge in [0.15, 0.2) is 0 Å². The molecule has 0 bridgehead atoms. The van der Waals surface area contributed by atoms with Gasteiger partial charge in [0.1, 0.15) is 5.75 Å². The van der Waals surface area contributed by atoms with Crippen molar-refractivity contribution in [1.29, 1.82) is 0 Å². The molecule has 0 saturated carbocycles. The van der Waals surface area contributed by atoms with E-state index in [1.807, 2.05) is 4.90 Å². The van der Waals surface area contributed by atoms with Crippen molar-refractivity contribution in [2.24, 2.45) is 0 Å². The van der Waals surface area contributed by atoms with Crippen LogP contribution in [0.4, 0.5) is 5.69 Å². The number of rotatable bonds is 3. The summed E-state index contributed by atoms with van der Waals surface area (Å²) in [5.41, 5.74) is -0.0767. The van der Waals surface area contributed by atoms with Crippen molar-refractivity contribution in [1.82, 2.24) is 9.80 Å². The van der Waals surface area contributed by atoms with Crippen molar-refractivity contribution in [3.05, 3.63) is 33.9 Å². The summed E-state index contributed by atoms with van der Waals surface area (Å²) in [6, 6.07) is 4.16. The molecule has 0 radical (unpaired) electrons. The minimum atomic E-state index is -0.583. The predicted molar refractivity (Wildman–Crippen MR) is 84.5 cm³/mol. The Kier molecular flexibility index (Phi) is 4.21. The molecule has 2 aliphatic rings. The third-order valence-electron chi connectivity index (χ3n) is 4.95. The van der Waals surface area contributed by atoms with Crippen LogP contribution in [0.2, 0.25) is 0 Å². The van der Waals surface area contributed by atoms with Crippen LogP contribution in [0.3, 0.4) is 0 Å². The van der Waals surface area contributed by atoms with Gasteiger partial charge in [-0.15, -0.1) is 0 Å². The highest BCUT2D eigenvalue weighted by Crippen LogP contribution is 2.30. The standard InChI is InChI=1S/C16H21N3O4/c1-2-11-9-17-7-3-4-13(17)10-18(11)16(21)14-6-5-12(19(22)23)8-15(14)20/h5-6,8,11,13,20H,2-4,7,9-10H2,1H3/t11-,13-/m0/s1. The van der Waals surface area contributed by atoms with Crippen LogP contribution >= 0.6 is 0 Å². The van der Waals surface area contributed by atoms with Gasteiger partial charge in [0.2, 0.25) is 0 Å². The maximum atomic E-state index is 12.8. The van der Waals surface area contributed by atoms with Crippen LogP contribution in [-0.4, -0.2) is 57.5 Å².